The summed E-state index contributed by atoms with van der Waals surface area (Å²) < 4.78 is 35.1. The number of benzene rings is 3. The van der Waals surface area contributed by atoms with Crippen LogP contribution >= 0.6 is 0 Å². The van der Waals surface area contributed by atoms with Gasteiger partial charge >= 0.3 is 5.97 Å². The third-order valence-corrected chi connectivity index (χ3v) is 7.11. The van der Waals surface area contributed by atoms with Gasteiger partial charge < -0.3 is 38.5 Å². The number of hydrogen-bond donors (Lipinski definition) is 1. The predicted octanol–water partition coefficient (Wildman–Crippen LogP) is 3.95. The molecule has 0 spiro atoms. The molecule has 0 atom stereocenters. The summed E-state index contributed by atoms with van der Waals surface area (Å²) in [5, 5.41) is 12.9. The molecule has 0 aliphatic carbocycles. The zero-order valence-corrected chi connectivity index (χ0v) is 23.8. The van der Waals surface area contributed by atoms with Crippen LogP contribution in [-0.4, -0.2) is 70.5 Å². The van der Waals surface area contributed by atoms with Crippen LogP contribution in [0, 0.1) is 0 Å². The first kappa shape index (κ1) is 28.6. The molecule has 5 rings (SSSR count). The molecule has 4 aromatic rings. The van der Waals surface area contributed by atoms with E-state index < -0.39 is 11.5 Å². The molecular formula is C31H32N2O9. The van der Waals surface area contributed by atoms with Gasteiger partial charge in [0.05, 0.1) is 60.1 Å². The van der Waals surface area contributed by atoms with E-state index in [1.807, 2.05) is 30.3 Å². The highest BCUT2D eigenvalue weighted by molar-refractivity contribution is 6.07. The molecule has 0 radical (unpaired) electrons. The van der Waals surface area contributed by atoms with Gasteiger partial charge in [0.1, 0.15) is 6.61 Å². The number of aromatic nitrogens is 1. The molecule has 220 valence electrons. The van der Waals surface area contributed by atoms with Gasteiger partial charge in [0, 0.05) is 10.9 Å². The number of carboxylic acids is 1. The second kappa shape index (κ2) is 12.3. The first-order chi connectivity index (χ1) is 20.4. The lowest BCUT2D eigenvalue weighted by atomic mass is 9.95. The van der Waals surface area contributed by atoms with E-state index in [1.165, 1.54) is 33.1 Å². The first-order valence-corrected chi connectivity index (χ1v) is 13.3. The molecule has 11 heteroatoms. The van der Waals surface area contributed by atoms with E-state index in [4.69, 9.17) is 28.4 Å². The molecule has 1 aliphatic rings. The Morgan fingerprint density at radius 3 is 2.02 bits per heavy atom. The summed E-state index contributed by atoms with van der Waals surface area (Å²) in [6, 6.07) is 16.1. The van der Waals surface area contributed by atoms with E-state index in [0.717, 1.165) is 5.56 Å². The minimum atomic E-state index is -1.28. The van der Waals surface area contributed by atoms with Gasteiger partial charge in [-0.1, -0.05) is 30.3 Å². The van der Waals surface area contributed by atoms with Gasteiger partial charge in [0.15, 0.2) is 28.7 Å². The van der Waals surface area contributed by atoms with Crippen molar-refractivity contribution in [3.05, 3.63) is 76.2 Å². The topological polar surface area (TPSA) is 118 Å². The highest BCUT2D eigenvalue weighted by atomic mass is 16.5. The van der Waals surface area contributed by atoms with E-state index in [9.17, 15) is 14.7 Å². The number of rotatable bonds is 10. The Morgan fingerprint density at radius 1 is 0.833 bits per heavy atom. The second-order valence-electron chi connectivity index (χ2n) is 9.45. The molecular weight excluding hydrogens is 544 g/mol. The fourth-order valence-electron chi connectivity index (χ4n) is 5.14. The van der Waals surface area contributed by atoms with Crippen LogP contribution in [0.4, 0.5) is 0 Å². The highest BCUT2D eigenvalue weighted by Crippen LogP contribution is 2.44. The molecule has 42 heavy (non-hydrogen) atoms. The fourth-order valence-corrected chi connectivity index (χ4v) is 5.14. The lowest BCUT2D eigenvalue weighted by molar-refractivity contribution is 0.0675. The maximum atomic E-state index is 14.2. The van der Waals surface area contributed by atoms with Crippen molar-refractivity contribution in [3.8, 4) is 39.9 Å². The fraction of sp³-hybridized carbons (Fsp3) is 0.290. The second-order valence-corrected chi connectivity index (χ2v) is 9.45. The van der Waals surface area contributed by atoms with Crippen LogP contribution in [0.1, 0.15) is 16.1 Å². The van der Waals surface area contributed by atoms with Crippen molar-refractivity contribution in [2.24, 2.45) is 0 Å². The Morgan fingerprint density at radius 2 is 1.45 bits per heavy atom. The largest absolute Gasteiger partial charge is 0.493 e. The summed E-state index contributed by atoms with van der Waals surface area (Å²) in [5.41, 5.74) is 0.922. The van der Waals surface area contributed by atoms with Crippen molar-refractivity contribution in [2.75, 3.05) is 59.8 Å². The van der Waals surface area contributed by atoms with Crippen LogP contribution in [-0.2, 0) is 11.3 Å². The van der Waals surface area contributed by atoms with Crippen molar-refractivity contribution in [3.63, 3.8) is 0 Å². The summed E-state index contributed by atoms with van der Waals surface area (Å²) in [6.45, 7) is 1.59. The maximum Gasteiger partial charge on any atom is 0.355 e. The average molecular weight is 577 g/mol. The normalized spacial score (nSPS) is 13.1. The smallest absolute Gasteiger partial charge is 0.355 e. The molecule has 1 saturated heterocycles. The third-order valence-electron chi connectivity index (χ3n) is 7.11. The lowest BCUT2D eigenvalue weighted by Gasteiger charge is -2.32. The first-order valence-electron chi connectivity index (χ1n) is 13.3. The average Bonchev–Trinajstić information content (AvgIpc) is 3.03. The van der Waals surface area contributed by atoms with Gasteiger partial charge in [0.2, 0.25) is 5.75 Å². The molecule has 0 amide bonds. The number of carboxylic acid groups (broad SMARTS) is 1. The van der Waals surface area contributed by atoms with E-state index in [-0.39, 0.29) is 23.3 Å². The van der Waals surface area contributed by atoms with Crippen LogP contribution in [0.25, 0.3) is 21.9 Å². The number of morpholine rings is 1. The van der Waals surface area contributed by atoms with Gasteiger partial charge in [-0.15, -0.1) is 0 Å². The van der Waals surface area contributed by atoms with E-state index in [1.54, 1.807) is 29.3 Å². The maximum absolute atomic E-state index is 14.2. The van der Waals surface area contributed by atoms with Crippen molar-refractivity contribution in [2.45, 2.75) is 6.61 Å². The minimum absolute atomic E-state index is 0.219. The van der Waals surface area contributed by atoms with E-state index >= 15 is 0 Å². The van der Waals surface area contributed by atoms with Crippen LogP contribution in [0.5, 0.6) is 28.7 Å². The Kier molecular flexibility index (Phi) is 8.39. The van der Waals surface area contributed by atoms with E-state index in [0.29, 0.717) is 66.0 Å². The molecule has 3 aromatic carbocycles. The van der Waals surface area contributed by atoms with Crippen molar-refractivity contribution < 1.29 is 38.3 Å². The third kappa shape index (κ3) is 5.26. The molecule has 1 aromatic heterocycles. The van der Waals surface area contributed by atoms with Crippen LogP contribution in [0.2, 0.25) is 0 Å². The standard InChI is InChI=1S/C31H32N2O9/c1-37-23-16-21-22(17-24(23)42-18-19-8-6-5-7-9-19)30(34)33(32-10-12-41-13-11-32)28(31(35)36)27(21)20-14-25(38-2)29(40-4)26(15-20)39-3/h5-9,14-17H,10-13,18H2,1-4H3,(H,35,36). The van der Waals surface area contributed by atoms with Gasteiger partial charge in [-0.05, 0) is 35.4 Å². The number of fused-ring (bicyclic) bond motifs is 1. The van der Waals surface area contributed by atoms with Crippen molar-refractivity contribution >= 4 is 16.7 Å². The monoisotopic (exact) mass is 576 g/mol. The van der Waals surface area contributed by atoms with Gasteiger partial charge in [-0.2, -0.15) is 0 Å². The quantitative estimate of drug-likeness (QED) is 0.297. The number of methoxy groups -OCH3 is 4. The summed E-state index contributed by atoms with van der Waals surface area (Å²) >= 11 is 0. The van der Waals surface area contributed by atoms with Crippen LogP contribution in [0.15, 0.2) is 59.4 Å². The molecule has 11 nitrogen and oxygen atoms in total. The number of aromatic carboxylic acids is 1. The number of pyridine rings is 1. The zero-order valence-electron chi connectivity index (χ0n) is 23.8. The molecule has 1 aliphatic heterocycles. The molecule has 0 unspecified atom stereocenters. The summed E-state index contributed by atoms with van der Waals surface area (Å²) in [5.74, 6) is 0.407. The number of hydrogen-bond acceptors (Lipinski definition) is 9. The molecule has 1 fully saturated rings. The van der Waals surface area contributed by atoms with Crippen LogP contribution in [0.3, 0.4) is 0 Å². The summed E-state index contributed by atoms with van der Waals surface area (Å²) in [6.07, 6.45) is 0. The minimum Gasteiger partial charge on any atom is -0.493 e. The van der Waals surface area contributed by atoms with Gasteiger partial charge in [-0.25, -0.2) is 9.47 Å². The number of ether oxygens (including phenoxy) is 6. The predicted molar refractivity (Wildman–Crippen MR) is 156 cm³/mol. The summed E-state index contributed by atoms with van der Waals surface area (Å²) in [4.78, 5) is 27.2. The van der Waals surface area contributed by atoms with E-state index in [2.05, 4.69) is 0 Å². The van der Waals surface area contributed by atoms with Crippen molar-refractivity contribution in [1.29, 1.82) is 0 Å². The summed E-state index contributed by atoms with van der Waals surface area (Å²) in [7, 11) is 5.93. The highest BCUT2D eigenvalue weighted by Gasteiger charge is 2.29. The SMILES string of the molecule is COc1cc2c(-c3cc(OC)c(OC)c(OC)c3)c(C(=O)O)n(N3CCOCC3)c(=O)c2cc1OCc1ccccc1. The van der Waals surface area contributed by atoms with Gasteiger partial charge in [-0.3, -0.25) is 4.79 Å². The lowest BCUT2D eigenvalue weighted by Crippen LogP contribution is -2.50. The molecule has 0 saturated carbocycles. The Bertz CT molecular complexity index is 1640. The van der Waals surface area contributed by atoms with Crippen molar-refractivity contribution in [1.82, 2.24) is 4.68 Å². The Balaban J connectivity index is 1.84. The Hall–Kier alpha value is -4.90. The molecule has 0 bridgehead atoms. The number of nitrogens with zero attached hydrogens (tertiary/aromatic N) is 2. The van der Waals surface area contributed by atoms with Crippen LogP contribution < -0.4 is 34.3 Å². The number of carbonyl (C=O) groups is 1. The molecule has 2 heterocycles. The van der Waals surface area contributed by atoms with Gasteiger partial charge in [0.25, 0.3) is 5.56 Å². The zero-order chi connectivity index (χ0) is 29.8. The molecule has 1 N–H and O–H groups in total. The Labute approximate surface area is 242 Å².